The minimum Gasteiger partial charge on any atom is -0.378 e. The Morgan fingerprint density at radius 2 is 1.90 bits per heavy atom. The zero-order chi connectivity index (χ0) is 14.9. The molecule has 1 unspecified atom stereocenters. The molecule has 0 saturated heterocycles. The molecule has 106 valence electrons. The molecule has 0 N–H and O–H groups in total. The van der Waals surface area contributed by atoms with Crippen LogP contribution in [0.5, 0.6) is 0 Å². The van der Waals surface area contributed by atoms with Gasteiger partial charge in [0.2, 0.25) is 0 Å². The normalized spacial score (nSPS) is 18.4. The van der Waals surface area contributed by atoms with E-state index in [4.69, 9.17) is 0 Å². The van der Waals surface area contributed by atoms with Gasteiger partial charge in [-0.25, -0.2) is 0 Å². The van der Waals surface area contributed by atoms with Crippen molar-refractivity contribution in [2.45, 2.75) is 38.8 Å². The summed E-state index contributed by atoms with van der Waals surface area (Å²) in [6.07, 6.45) is 0.904. The summed E-state index contributed by atoms with van der Waals surface area (Å²) in [5.41, 5.74) is 3.10. The zero-order valence-electron chi connectivity index (χ0n) is 12.9. The molecule has 0 fully saturated rings. The minimum absolute atomic E-state index is 0.106. The van der Waals surface area contributed by atoms with Gasteiger partial charge in [0.05, 0.1) is 11.6 Å². The SMILES string of the molecule is CC1=NN(C(C#N)c2ccc(N(C)C)cc2)C(C)(C)C1. The average Bonchev–Trinajstić information content (AvgIpc) is 2.64. The second kappa shape index (κ2) is 5.16. The number of nitriles is 1. The molecule has 4 heteroatoms. The lowest BCUT2D eigenvalue weighted by molar-refractivity contribution is 0.123. The summed E-state index contributed by atoms with van der Waals surface area (Å²) in [6, 6.07) is 10.2. The van der Waals surface area contributed by atoms with E-state index >= 15 is 0 Å². The number of nitrogens with zero attached hydrogens (tertiary/aromatic N) is 4. The zero-order valence-corrected chi connectivity index (χ0v) is 12.9. The van der Waals surface area contributed by atoms with Gasteiger partial charge in [0, 0.05) is 31.9 Å². The third-order valence-electron chi connectivity index (χ3n) is 3.68. The van der Waals surface area contributed by atoms with Gasteiger partial charge >= 0.3 is 0 Å². The smallest absolute Gasteiger partial charge is 0.159 e. The highest BCUT2D eigenvalue weighted by atomic mass is 15.5. The molecule has 1 aliphatic heterocycles. The Hall–Kier alpha value is -2.02. The van der Waals surface area contributed by atoms with Crippen molar-refractivity contribution in [1.29, 1.82) is 5.26 Å². The molecule has 0 saturated carbocycles. The molecule has 2 rings (SSSR count). The highest BCUT2D eigenvalue weighted by Gasteiger charge is 2.37. The van der Waals surface area contributed by atoms with Gasteiger partial charge in [-0.3, -0.25) is 5.01 Å². The molecule has 0 aliphatic carbocycles. The van der Waals surface area contributed by atoms with Gasteiger partial charge in [0.25, 0.3) is 0 Å². The van der Waals surface area contributed by atoms with Crippen molar-refractivity contribution in [3.05, 3.63) is 29.8 Å². The molecule has 4 nitrogen and oxygen atoms in total. The van der Waals surface area contributed by atoms with Crippen LogP contribution < -0.4 is 4.90 Å². The second-order valence-electron chi connectivity index (χ2n) is 6.19. The van der Waals surface area contributed by atoms with Crippen LogP contribution >= 0.6 is 0 Å². The first-order valence-corrected chi connectivity index (χ1v) is 6.85. The van der Waals surface area contributed by atoms with Crippen LogP contribution in [0.25, 0.3) is 0 Å². The monoisotopic (exact) mass is 270 g/mol. The fraction of sp³-hybridized carbons (Fsp3) is 0.500. The van der Waals surface area contributed by atoms with Crippen LogP contribution in [0.2, 0.25) is 0 Å². The first kappa shape index (κ1) is 14.4. The molecule has 0 radical (unpaired) electrons. The topological polar surface area (TPSA) is 42.6 Å². The lowest BCUT2D eigenvalue weighted by atomic mass is 9.96. The van der Waals surface area contributed by atoms with E-state index in [1.807, 2.05) is 55.2 Å². The van der Waals surface area contributed by atoms with Crippen molar-refractivity contribution in [2.75, 3.05) is 19.0 Å². The van der Waals surface area contributed by atoms with E-state index in [-0.39, 0.29) is 11.6 Å². The minimum atomic E-state index is -0.335. The van der Waals surface area contributed by atoms with Crippen molar-refractivity contribution in [3.8, 4) is 6.07 Å². The lowest BCUT2D eigenvalue weighted by Crippen LogP contribution is -2.38. The molecule has 0 bridgehead atoms. The summed E-state index contributed by atoms with van der Waals surface area (Å²) in [5.74, 6) is 0. The summed E-state index contributed by atoms with van der Waals surface area (Å²) in [4.78, 5) is 2.05. The van der Waals surface area contributed by atoms with Gasteiger partial charge in [-0.15, -0.1) is 0 Å². The molecule has 1 aromatic rings. The fourth-order valence-electron chi connectivity index (χ4n) is 2.69. The quantitative estimate of drug-likeness (QED) is 0.847. The van der Waals surface area contributed by atoms with Crippen molar-refractivity contribution >= 4 is 11.4 Å². The summed E-state index contributed by atoms with van der Waals surface area (Å²) in [5, 5.41) is 16.1. The molecule has 1 aliphatic rings. The van der Waals surface area contributed by atoms with E-state index in [9.17, 15) is 5.26 Å². The number of hydrazone groups is 1. The number of anilines is 1. The van der Waals surface area contributed by atoms with Gasteiger partial charge in [-0.1, -0.05) is 12.1 Å². The summed E-state index contributed by atoms with van der Waals surface area (Å²) in [7, 11) is 4.02. The first-order valence-electron chi connectivity index (χ1n) is 6.85. The van der Waals surface area contributed by atoms with E-state index in [1.54, 1.807) is 0 Å². The summed E-state index contributed by atoms with van der Waals surface area (Å²) >= 11 is 0. The van der Waals surface area contributed by atoms with Crippen molar-refractivity contribution in [3.63, 3.8) is 0 Å². The fourth-order valence-corrected chi connectivity index (χ4v) is 2.69. The highest BCUT2D eigenvalue weighted by molar-refractivity contribution is 5.84. The third-order valence-corrected chi connectivity index (χ3v) is 3.68. The van der Waals surface area contributed by atoms with Gasteiger partial charge in [-0.05, 0) is 38.5 Å². The van der Waals surface area contributed by atoms with Crippen LogP contribution in [0.3, 0.4) is 0 Å². The molecule has 1 heterocycles. The van der Waals surface area contributed by atoms with Gasteiger partial charge < -0.3 is 4.90 Å². The molecule has 1 aromatic carbocycles. The Labute approximate surface area is 121 Å². The van der Waals surface area contributed by atoms with E-state index in [0.29, 0.717) is 0 Å². The maximum atomic E-state index is 9.57. The Balaban J connectivity index is 2.32. The van der Waals surface area contributed by atoms with E-state index in [2.05, 4.69) is 25.0 Å². The van der Waals surface area contributed by atoms with E-state index in [1.165, 1.54) is 0 Å². The molecule has 0 spiro atoms. The van der Waals surface area contributed by atoms with Gasteiger partial charge in [0.15, 0.2) is 6.04 Å². The summed E-state index contributed by atoms with van der Waals surface area (Å²) < 4.78 is 0. The largest absolute Gasteiger partial charge is 0.378 e. The Morgan fingerprint density at radius 1 is 1.30 bits per heavy atom. The maximum Gasteiger partial charge on any atom is 0.159 e. The van der Waals surface area contributed by atoms with Crippen molar-refractivity contribution in [2.24, 2.45) is 5.10 Å². The molecule has 1 atom stereocenters. The van der Waals surface area contributed by atoms with Gasteiger partial charge in [0.1, 0.15) is 0 Å². The predicted octanol–water partition coefficient (Wildman–Crippen LogP) is 3.18. The van der Waals surface area contributed by atoms with Crippen molar-refractivity contribution < 1.29 is 0 Å². The Morgan fingerprint density at radius 3 is 2.30 bits per heavy atom. The molecular weight excluding hydrogens is 248 g/mol. The summed E-state index contributed by atoms with van der Waals surface area (Å²) in [6.45, 7) is 6.28. The average molecular weight is 270 g/mol. The maximum absolute atomic E-state index is 9.57. The van der Waals surface area contributed by atoms with E-state index in [0.717, 1.165) is 23.4 Å². The molecule has 0 aromatic heterocycles. The predicted molar refractivity (Wildman–Crippen MR) is 82.8 cm³/mol. The van der Waals surface area contributed by atoms with E-state index < -0.39 is 0 Å². The first-order chi connectivity index (χ1) is 9.35. The molecule has 0 amide bonds. The number of hydrogen-bond acceptors (Lipinski definition) is 4. The molecule has 20 heavy (non-hydrogen) atoms. The second-order valence-corrected chi connectivity index (χ2v) is 6.19. The van der Waals surface area contributed by atoms with Crippen LogP contribution in [0.15, 0.2) is 29.4 Å². The third kappa shape index (κ3) is 2.62. The highest BCUT2D eigenvalue weighted by Crippen LogP contribution is 2.35. The number of hydrogen-bond donors (Lipinski definition) is 0. The van der Waals surface area contributed by atoms with Gasteiger partial charge in [-0.2, -0.15) is 10.4 Å². The molecular formula is C16H22N4. The number of benzene rings is 1. The van der Waals surface area contributed by atoms with Crippen LogP contribution in [-0.4, -0.2) is 30.4 Å². The van der Waals surface area contributed by atoms with Crippen LogP contribution in [-0.2, 0) is 0 Å². The van der Waals surface area contributed by atoms with Crippen LogP contribution in [0.4, 0.5) is 5.69 Å². The van der Waals surface area contributed by atoms with Crippen LogP contribution in [0.1, 0.15) is 38.8 Å². The number of rotatable bonds is 3. The van der Waals surface area contributed by atoms with Crippen LogP contribution in [0, 0.1) is 11.3 Å². The standard InChI is InChI=1S/C16H22N4/c1-12-10-16(2,3)20(18-12)15(11-17)13-6-8-14(9-7-13)19(4)5/h6-9,15H,10H2,1-5H3. The Bertz CT molecular complexity index is 549. The Kier molecular flexibility index (Phi) is 3.71. The van der Waals surface area contributed by atoms with Crippen molar-refractivity contribution in [1.82, 2.24) is 5.01 Å². The lowest BCUT2D eigenvalue weighted by Gasteiger charge is -2.34.